The van der Waals surface area contributed by atoms with Gasteiger partial charge in [0.15, 0.2) is 5.16 Å². The van der Waals surface area contributed by atoms with Gasteiger partial charge >= 0.3 is 17.1 Å². The van der Waals surface area contributed by atoms with Crippen molar-refractivity contribution in [1.29, 1.82) is 0 Å². The predicted octanol–water partition coefficient (Wildman–Crippen LogP) is -1.73. The van der Waals surface area contributed by atoms with Crippen LogP contribution in [0.4, 0.5) is 0 Å². The number of hydrogen-bond donors (Lipinski definition) is 3. The molecule has 3 N–H and O–H groups in total. The number of rotatable bonds is 9. The number of halogens is 1. The maximum Gasteiger partial charge on any atom is 0.352 e. The van der Waals surface area contributed by atoms with Gasteiger partial charge < -0.3 is 15.3 Å². The fraction of sp³-hybridized carbons (Fsp3) is 0.412. The average molecular weight is 577 g/mol. The van der Waals surface area contributed by atoms with Crippen LogP contribution in [-0.4, -0.2) is 89.4 Å². The summed E-state index contributed by atoms with van der Waals surface area (Å²) in [5.41, 5.74) is -2.23. The Morgan fingerprint density at radius 3 is 2.71 bits per heavy atom. The molecule has 0 aliphatic carbocycles. The number of carbonyl (C=O) groups is 4. The van der Waals surface area contributed by atoms with Gasteiger partial charge in [-0.1, -0.05) is 32.8 Å². The molecule has 1 aromatic heterocycles. The van der Waals surface area contributed by atoms with E-state index in [9.17, 15) is 33.9 Å². The van der Waals surface area contributed by atoms with E-state index in [1.165, 1.54) is 23.5 Å². The van der Waals surface area contributed by atoms with E-state index in [2.05, 4.69) is 41.3 Å². The van der Waals surface area contributed by atoms with E-state index in [0.717, 1.165) is 23.8 Å². The van der Waals surface area contributed by atoms with Gasteiger partial charge in [-0.3, -0.25) is 38.7 Å². The molecule has 2 amide bonds. The third-order valence-corrected chi connectivity index (χ3v) is 7.61. The molecule has 34 heavy (non-hydrogen) atoms. The van der Waals surface area contributed by atoms with Gasteiger partial charge in [0.2, 0.25) is 11.5 Å². The Labute approximate surface area is 207 Å². The van der Waals surface area contributed by atoms with Crippen molar-refractivity contribution in [2.75, 3.05) is 23.9 Å². The molecule has 0 bridgehead atoms. The van der Waals surface area contributed by atoms with Crippen LogP contribution < -0.4 is 16.4 Å². The number of aliphatic carboxylic acids is 1. The van der Waals surface area contributed by atoms with Crippen LogP contribution in [0.2, 0.25) is 0 Å². The van der Waals surface area contributed by atoms with Crippen LogP contribution in [0.15, 0.2) is 31.2 Å². The zero-order chi connectivity index (χ0) is 25.2. The Balaban J connectivity index is 1.78. The Hall–Kier alpha value is -2.92. The quantitative estimate of drug-likeness (QED) is 0.0574. The lowest BCUT2D eigenvalue weighted by Gasteiger charge is -2.49. The summed E-state index contributed by atoms with van der Waals surface area (Å²) >= 11 is 5.18. The second-order valence-corrected chi connectivity index (χ2v) is 9.39. The van der Waals surface area contributed by atoms with Crippen molar-refractivity contribution in [3.05, 3.63) is 32.0 Å². The zero-order valence-corrected chi connectivity index (χ0v) is 20.8. The number of thioether (sulfide) groups is 2. The summed E-state index contributed by atoms with van der Waals surface area (Å²) in [5.74, 6) is -3.28. The number of carbonyl (C=O) groups excluding carboxylic acids is 3. The van der Waals surface area contributed by atoms with Crippen LogP contribution in [0, 0.1) is 0 Å². The summed E-state index contributed by atoms with van der Waals surface area (Å²) < 4.78 is 1.24. The van der Waals surface area contributed by atoms with E-state index >= 15 is 0 Å². The molecule has 0 radical (unpaired) electrons. The SMILES string of the molecule is CO/N=C(/C(=O)CBr)C(=O)N[C@@H]1C(=O)N2C(C(=O)O)=C(CSc3nc(=O)c(=O)[nH]n3C)CS[C@H]12. The van der Waals surface area contributed by atoms with Crippen LogP contribution in [0.25, 0.3) is 0 Å². The van der Waals surface area contributed by atoms with Crippen molar-refractivity contribution < 1.29 is 29.1 Å². The number of carboxylic acid groups (broad SMARTS) is 1. The molecule has 0 spiro atoms. The first-order valence-electron chi connectivity index (χ1n) is 9.32. The molecule has 2 atom stereocenters. The zero-order valence-electron chi connectivity index (χ0n) is 17.6. The minimum Gasteiger partial charge on any atom is -0.477 e. The number of nitrogens with one attached hydrogen (secondary N) is 2. The van der Waals surface area contributed by atoms with Gasteiger partial charge in [0, 0.05) is 18.6 Å². The van der Waals surface area contributed by atoms with Crippen molar-refractivity contribution in [1.82, 2.24) is 25.0 Å². The molecular formula is C17H17BrN6O8S2. The highest BCUT2D eigenvalue weighted by atomic mass is 79.9. The molecule has 1 saturated heterocycles. The smallest absolute Gasteiger partial charge is 0.352 e. The lowest BCUT2D eigenvalue weighted by Crippen LogP contribution is -2.71. The number of aromatic amines is 1. The number of aromatic nitrogens is 3. The van der Waals surface area contributed by atoms with E-state index in [-0.39, 0.29) is 27.7 Å². The number of carboxylic acids is 1. The first-order valence-corrected chi connectivity index (χ1v) is 12.5. The molecule has 2 aliphatic heterocycles. The maximum absolute atomic E-state index is 12.8. The highest BCUT2D eigenvalue weighted by Gasteiger charge is 2.54. The predicted molar refractivity (Wildman–Crippen MR) is 124 cm³/mol. The molecular weight excluding hydrogens is 560 g/mol. The van der Waals surface area contributed by atoms with Gasteiger partial charge in [-0.25, -0.2) is 4.79 Å². The number of amides is 2. The van der Waals surface area contributed by atoms with Crippen molar-refractivity contribution >= 4 is 68.7 Å². The number of β-lactam (4-membered cyclic amide) rings is 1. The second-order valence-electron chi connectivity index (χ2n) is 6.79. The molecule has 3 heterocycles. The van der Waals surface area contributed by atoms with E-state index in [4.69, 9.17) is 0 Å². The van der Waals surface area contributed by atoms with E-state index in [0.29, 0.717) is 5.57 Å². The van der Waals surface area contributed by atoms with Crippen LogP contribution >= 0.6 is 39.5 Å². The first kappa shape index (κ1) is 25.7. The fourth-order valence-corrected chi connectivity index (χ4v) is 5.79. The standard InChI is InChI=1S/C17H17BrN6O8S2/c1-23-17(20-12(27)13(28)21-23)34-5-6-4-33-15-9(14(29)24(15)10(6)16(30)31)19-11(26)8(22-32-2)7(25)3-18/h9,15H,3-5H2,1-2H3,(H,19,26)(H,21,28)(H,30,31)/b22-8-/t9-,15-/m1/s1. The summed E-state index contributed by atoms with van der Waals surface area (Å²) in [4.78, 5) is 81.1. The molecule has 14 nitrogen and oxygen atoms in total. The normalized spacial score (nSPS) is 19.9. The van der Waals surface area contributed by atoms with Crippen LogP contribution in [0.1, 0.15) is 0 Å². The highest BCUT2D eigenvalue weighted by Crippen LogP contribution is 2.41. The van der Waals surface area contributed by atoms with Crippen molar-refractivity contribution in [2.24, 2.45) is 12.2 Å². The van der Waals surface area contributed by atoms with Crippen molar-refractivity contribution in [3.8, 4) is 0 Å². The number of alkyl halides is 1. The van der Waals surface area contributed by atoms with Crippen LogP contribution in [-0.2, 0) is 31.1 Å². The number of aryl methyl sites for hydroxylation is 1. The molecule has 0 saturated carbocycles. The summed E-state index contributed by atoms with van der Waals surface area (Å²) in [6, 6.07) is -1.06. The molecule has 1 fully saturated rings. The number of H-pyrrole nitrogens is 1. The van der Waals surface area contributed by atoms with E-state index in [1.54, 1.807) is 0 Å². The number of fused-ring (bicyclic) bond motifs is 1. The first-order chi connectivity index (χ1) is 16.1. The van der Waals surface area contributed by atoms with Crippen LogP contribution in [0.3, 0.4) is 0 Å². The lowest BCUT2D eigenvalue weighted by atomic mass is 10.0. The van der Waals surface area contributed by atoms with E-state index in [1.807, 2.05) is 0 Å². The second kappa shape index (κ2) is 10.6. The minimum atomic E-state index is -1.33. The molecule has 0 aromatic carbocycles. The number of ketones is 1. The third-order valence-electron chi connectivity index (χ3n) is 4.64. The molecule has 182 valence electrons. The van der Waals surface area contributed by atoms with E-state index < -0.39 is 51.8 Å². The van der Waals surface area contributed by atoms with Gasteiger partial charge in [-0.05, 0) is 5.57 Å². The Morgan fingerprint density at radius 2 is 2.09 bits per heavy atom. The summed E-state index contributed by atoms with van der Waals surface area (Å²) in [5, 5.41) is 17.1. The largest absolute Gasteiger partial charge is 0.477 e. The molecule has 3 rings (SSSR count). The number of hydrogen-bond acceptors (Lipinski definition) is 11. The summed E-state index contributed by atoms with van der Waals surface area (Å²) in [6.07, 6.45) is 0. The van der Waals surface area contributed by atoms with Gasteiger partial charge in [0.05, 0.1) is 5.33 Å². The monoisotopic (exact) mass is 576 g/mol. The van der Waals surface area contributed by atoms with Gasteiger partial charge in [0.25, 0.3) is 11.8 Å². The third kappa shape index (κ3) is 4.95. The van der Waals surface area contributed by atoms with Gasteiger partial charge in [0.1, 0.15) is 24.2 Å². The summed E-state index contributed by atoms with van der Waals surface area (Å²) in [6.45, 7) is 0. The number of nitrogens with zero attached hydrogens (tertiary/aromatic N) is 4. The lowest BCUT2D eigenvalue weighted by molar-refractivity contribution is -0.150. The molecule has 1 aromatic rings. The maximum atomic E-state index is 12.8. The Bertz CT molecular complexity index is 1240. The van der Waals surface area contributed by atoms with Gasteiger partial charge in [-0.15, -0.1) is 11.8 Å². The number of Topliss-reactive ketones (excluding diaryl/α,β-unsaturated/α-hetero) is 1. The number of oxime groups is 1. The topological polar surface area (TPSA) is 193 Å². The molecule has 17 heteroatoms. The molecule has 2 aliphatic rings. The van der Waals surface area contributed by atoms with Crippen molar-refractivity contribution in [2.45, 2.75) is 16.6 Å². The fourth-order valence-electron chi connectivity index (χ4n) is 3.12. The minimum absolute atomic E-state index is 0.0822. The van der Waals surface area contributed by atoms with Crippen molar-refractivity contribution in [3.63, 3.8) is 0 Å². The van der Waals surface area contributed by atoms with Crippen LogP contribution in [0.5, 0.6) is 0 Å². The average Bonchev–Trinajstić information content (AvgIpc) is 2.80. The summed E-state index contributed by atoms with van der Waals surface area (Å²) in [7, 11) is 2.63. The Morgan fingerprint density at radius 1 is 1.38 bits per heavy atom. The highest BCUT2D eigenvalue weighted by molar-refractivity contribution is 9.09. The Kier molecular flexibility index (Phi) is 7.98. The molecule has 0 unspecified atom stereocenters. The van der Waals surface area contributed by atoms with Gasteiger partial charge in [-0.2, -0.15) is 4.98 Å².